The minimum absolute atomic E-state index is 0. The van der Waals surface area contributed by atoms with Crippen LogP contribution >= 0.6 is 24.8 Å². The second kappa shape index (κ2) is 11.8. The number of hydrogen-bond donors (Lipinski definition) is 1. The molecule has 0 saturated heterocycles. The number of aryl methyl sites for hydroxylation is 1. The van der Waals surface area contributed by atoms with E-state index >= 15 is 0 Å². The van der Waals surface area contributed by atoms with Crippen molar-refractivity contribution in [3.63, 3.8) is 0 Å². The van der Waals surface area contributed by atoms with Crippen molar-refractivity contribution in [2.75, 3.05) is 19.0 Å². The molecule has 2 aromatic heterocycles. The molecule has 0 amide bonds. The molecule has 9 heteroatoms. The Bertz CT molecular complexity index is 1420. The molecule has 0 fully saturated rings. The molecule has 3 aromatic carbocycles. The molecule has 0 aliphatic rings. The van der Waals surface area contributed by atoms with Crippen LogP contribution in [0.5, 0.6) is 5.75 Å². The lowest BCUT2D eigenvalue weighted by molar-refractivity contribution is 0.309. The molecular weight excluding hydrogens is 495 g/mol. The van der Waals surface area contributed by atoms with Crippen molar-refractivity contribution in [3.05, 3.63) is 84.1 Å². The fourth-order valence-electron chi connectivity index (χ4n) is 3.97. The van der Waals surface area contributed by atoms with E-state index in [4.69, 9.17) is 9.72 Å². The van der Waals surface area contributed by atoms with Gasteiger partial charge in [0.1, 0.15) is 12.4 Å². The van der Waals surface area contributed by atoms with Gasteiger partial charge in [0.15, 0.2) is 5.82 Å². The fraction of sp³-hybridized carbons (Fsp3) is 0.185. The smallest absolute Gasteiger partial charge is 0.180 e. The van der Waals surface area contributed by atoms with Crippen LogP contribution in [0.25, 0.3) is 33.4 Å². The van der Waals surface area contributed by atoms with E-state index in [1.807, 2.05) is 32.3 Å². The summed E-state index contributed by atoms with van der Waals surface area (Å²) in [5.74, 6) is 1.51. The molecule has 7 nitrogen and oxygen atoms in total. The number of nitrogens with zero attached hydrogens (tertiary/aromatic N) is 5. The molecule has 186 valence electrons. The maximum Gasteiger partial charge on any atom is 0.180 e. The Morgan fingerprint density at radius 2 is 1.64 bits per heavy atom. The van der Waals surface area contributed by atoms with Gasteiger partial charge in [0.25, 0.3) is 0 Å². The Morgan fingerprint density at radius 1 is 0.889 bits per heavy atom. The zero-order chi connectivity index (χ0) is 23.5. The Morgan fingerprint density at radius 3 is 2.31 bits per heavy atom. The van der Waals surface area contributed by atoms with Crippen LogP contribution in [-0.4, -0.2) is 39.7 Å². The van der Waals surface area contributed by atoms with Crippen molar-refractivity contribution in [2.45, 2.75) is 20.0 Å². The number of pyridine rings is 1. The van der Waals surface area contributed by atoms with Gasteiger partial charge in [-0.15, -0.1) is 29.9 Å². The van der Waals surface area contributed by atoms with E-state index in [0.29, 0.717) is 12.4 Å². The van der Waals surface area contributed by atoms with E-state index in [9.17, 15) is 0 Å². The summed E-state index contributed by atoms with van der Waals surface area (Å²) in [6, 6.07) is 24.8. The van der Waals surface area contributed by atoms with Gasteiger partial charge in [-0.3, -0.25) is 4.98 Å². The Labute approximate surface area is 222 Å². The number of halogens is 2. The molecule has 0 spiro atoms. The summed E-state index contributed by atoms with van der Waals surface area (Å²) in [4.78, 5) is 6.85. The summed E-state index contributed by atoms with van der Waals surface area (Å²) in [6.45, 7) is 2.58. The minimum Gasteiger partial charge on any atom is -0.488 e. The molecule has 0 aliphatic heterocycles. The number of benzene rings is 3. The highest BCUT2D eigenvalue weighted by atomic mass is 35.5. The van der Waals surface area contributed by atoms with Crippen LogP contribution in [0.4, 0.5) is 5.69 Å². The number of rotatable bonds is 7. The van der Waals surface area contributed by atoms with Crippen molar-refractivity contribution in [1.82, 2.24) is 25.6 Å². The van der Waals surface area contributed by atoms with Crippen LogP contribution in [-0.2, 0) is 13.0 Å². The average Bonchev–Trinajstić information content (AvgIpc) is 3.42. The summed E-state index contributed by atoms with van der Waals surface area (Å²) in [6.07, 6.45) is 0.858. The van der Waals surface area contributed by atoms with Crippen LogP contribution in [0.2, 0.25) is 0 Å². The predicted octanol–water partition coefficient (Wildman–Crippen LogP) is 6.13. The standard InChI is InChI=1S/C27H26N6O.2ClH/c1-4-20-15-26(24-16-21(33(2)3)13-14-25(24)28-20)34-17-18-9-11-19(12-10-18)22-7-5-6-8-23(22)27-29-31-32-30-27;;/h5-16H,4,17H2,1-3H3,(H,29,30,31,32);2*1H. The van der Waals surface area contributed by atoms with Crippen LogP contribution < -0.4 is 9.64 Å². The van der Waals surface area contributed by atoms with Gasteiger partial charge in [-0.25, -0.2) is 5.10 Å². The normalized spacial score (nSPS) is 10.4. The largest absolute Gasteiger partial charge is 0.488 e. The number of H-pyrrole nitrogens is 1. The number of aromatic nitrogens is 5. The third-order valence-corrected chi connectivity index (χ3v) is 5.87. The van der Waals surface area contributed by atoms with E-state index in [0.717, 1.165) is 56.7 Å². The lowest BCUT2D eigenvalue weighted by atomic mass is 9.98. The van der Waals surface area contributed by atoms with Crippen LogP contribution in [0.3, 0.4) is 0 Å². The van der Waals surface area contributed by atoms with Gasteiger partial charge >= 0.3 is 0 Å². The van der Waals surface area contributed by atoms with Crippen LogP contribution in [0.1, 0.15) is 18.2 Å². The second-order valence-corrected chi connectivity index (χ2v) is 8.34. The highest BCUT2D eigenvalue weighted by molar-refractivity contribution is 5.88. The summed E-state index contributed by atoms with van der Waals surface area (Å²) in [5, 5.41) is 15.3. The maximum atomic E-state index is 6.32. The maximum absolute atomic E-state index is 6.32. The van der Waals surface area contributed by atoms with Crippen LogP contribution in [0, 0.1) is 0 Å². The number of anilines is 1. The molecule has 0 saturated carbocycles. The first-order valence-corrected chi connectivity index (χ1v) is 11.3. The summed E-state index contributed by atoms with van der Waals surface area (Å²) in [5.41, 5.74) is 7.31. The third-order valence-electron chi connectivity index (χ3n) is 5.87. The highest BCUT2D eigenvalue weighted by Gasteiger charge is 2.11. The lowest BCUT2D eigenvalue weighted by Gasteiger charge is -2.16. The van der Waals surface area contributed by atoms with E-state index in [1.165, 1.54) is 0 Å². The van der Waals surface area contributed by atoms with Crippen molar-refractivity contribution >= 4 is 41.4 Å². The van der Waals surface area contributed by atoms with E-state index in [-0.39, 0.29) is 24.8 Å². The molecule has 0 radical (unpaired) electrons. The number of nitrogens with one attached hydrogen (secondary N) is 1. The molecular formula is C27H28Cl2N6O. The molecule has 1 N–H and O–H groups in total. The zero-order valence-electron chi connectivity index (χ0n) is 20.3. The van der Waals surface area contributed by atoms with Crippen molar-refractivity contribution in [3.8, 4) is 28.3 Å². The number of aromatic amines is 1. The van der Waals surface area contributed by atoms with Crippen LogP contribution in [0.15, 0.2) is 72.8 Å². The molecule has 0 unspecified atom stereocenters. The Kier molecular flexibility index (Phi) is 8.85. The van der Waals surface area contributed by atoms with E-state index < -0.39 is 0 Å². The SMILES string of the molecule is CCc1cc(OCc2ccc(-c3ccccc3-c3nnn[nH]3)cc2)c2cc(N(C)C)ccc2n1.Cl.Cl. The summed E-state index contributed by atoms with van der Waals surface area (Å²) in [7, 11) is 4.07. The number of tetrazole rings is 1. The van der Waals surface area contributed by atoms with E-state index in [2.05, 4.69) is 87.0 Å². The number of ether oxygens (including phenoxy) is 1. The van der Waals surface area contributed by atoms with Gasteiger partial charge in [-0.2, -0.15) is 0 Å². The van der Waals surface area contributed by atoms with Crippen molar-refractivity contribution < 1.29 is 4.74 Å². The quantitative estimate of drug-likeness (QED) is 0.276. The average molecular weight is 523 g/mol. The second-order valence-electron chi connectivity index (χ2n) is 8.34. The predicted molar refractivity (Wildman–Crippen MR) is 149 cm³/mol. The summed E-state index contributed by atoms with van der Waals surface area (Å²) >= 11 is 0. The van der Waals surface area contributed by atoms with Crippen molar-refractivity contribution in [2.24, 2.45) is 0 Å². The fourth-order valence-corrected chi connectivity index (χ4v) is 3.97. The van der Waals surface area contributed by atoms with E-state index in [1.54, 1.807) is 0 Å². The molecule has 0 bridgehead atoms. The lowest BCUT2D eigenvalue weighted by Crippen LogP contribution is -2.08. The van der Waals surface area contributed by atoms with Gasteiger partial charge in [0, 0.05) is 42.5 Å². The Balaban J connectivity index is 0.00000180. The molecule has 5 rings (SSSR count). The highest BCUT2D eigenvalue weighted by Crippen LogP contribution is 2.32. The van der Waals surface area contributed by atoms with Crippen molar-refractivity contribution in [1.29, 1.82) is 0 Å². The number of fused-ring (bicyclic) bond motifs is 1. The van der Waals surface area contributed by atoms with Gasteiger partial charge in [-0.1, -0.05) is 55.5 Å². The Hall–Kier alpha value is -3.68. The molecule has 0 atom stereocenters. The molecule has 36 heavy (non-hydrogen) atoms. The van der Waals surface area contributed by atoms with Gasteiger partial charge in [0.05, 0.1) is 5.52 Å². The minimum atomic E-state index is 0. The van der Waals surface area contributed by atoms with Gasteiger partial charge < -0.3 is 9.64 Å². The summed E-state index contributed by atoms with van der Waals surface area (Å²) < 4.78 is 6.32. The first kappa shape index (κ1) is 26.9. The third kappa shape index (κ3) is 5.58. The van der Waals surface area contributed by atoms with Gasteiger partial charge in [-0.05, 0) is 51.7 Å². The zero-order valence-corrected chi connectivity index (χ0v) is 21.9. The first-order chi connectivity index (χ1) is 16.6. The topological polar surface area (TPSA) is 79.8 Å². The molecule has 5 aromatic rings. The molecule has 0 aliphatic carbocycles. The first-order valence-electron chi connectivity index (χ1n) is 11.3. The van der Waals surface area contributed by atoms with Gasteiger partial charge in [0.2, 0.25) is 0 Å². The monoisotopic (exact) mass is 522 g/mol. The molecule has 2 heterocycles. The number of hydrogen-bond acceptors (Lipinski definition) is 6.